The lowest BCUT2D eigenvalue weighted by Gasteiger charge is -2.38. The Balaban J connectivity index is 2.23. The number of rotatable bonds is 3. The van der Waals surface area contributed by atoms with E-state index in [4.69, 9.17) is 11.6 Å². The lowest BCUT2D eigenvalue weighted by molar-refractivity contribution is -0.139. The Labute approximate surface area is 126 Å². The van der Waals surface area contributed by atoms with Crippen LogP contribution in [0.1, 0.15) is 32.4 Å². The van der Waals surface area contributed by atoms with Gasteiger partial charge in [-0.2, -0.15) is 0 Å². The molecule has 110 valence electrons. The Hall–Kier alpha value is -1.06. The molecule has 1 aliphatic rings. The van der Waals surface area contributed by atoms with Crippen molar-refractivity contribution in [2.75, 3.05) is 19.6 Å². The summed E-state index contributed by atoms with van der Waals surface area (Å²) in [6, 6.07) is 7.89. The summed E-state index contributed by atoms with van der Waals surface area (Å²) in [6.07, 6.45) is 0. The molecule has 1 aliphatic heterocycles. The van der Waals surface area contributed by atoms with Crippen LogP contribution < -0.4 is 5.32 Å². The van der Waals surface area contributed by atoms with E-state index >= 15 is 0 Å². The average molecular weight is 295 g/mol. The third kappa shape index (κ3) is 3.33. The van der Waals surface area contributed by atoms with Gasteiger partial charge in [0, 0.05) is 30.6 Å². The quantitative estimate of drug-likeness (QED) is 0.929. The zero-order valence-corrected chi connectivity index (χ0v) is 13.2. The summed E-state index contributed by atoms with van der Waals surface area (Å²) in [5, 5.41) is 4.09. The molecule has 1 saturated heterocycles. The highest BCUT2D eigenvalue weighted by molar-refractivity contribution is 6.30. The first-order valence-electron chi connectivity index (χ1n) is 7.27. The van der Waals surface area contributed by atoms with Crippen molar-refractivity contribution in [3.63, 3.8) is 0 Å². The predicted molar refractivity (Wildman–Crippen MR) is 82.8 cm³/mol. The highest BCUT2D eigenvalue weighted by Gasteiger charge is 2.31. The number of amides is 1. The van der Waals surface area contributed by atoms with Crippen LogP contribution in [0.4, 0.5) is 0 Å². The molecule has 0 bridgehead atoms. The number of benzene rings is 1. The first kappa shape index (κ1) is 15.3. The van der Waals surface area contributed by atoms with Crippen LogP contribution in [-0.2, 0) is 4.79 Å². The smallest absolute Gasteiger partial charge is 0.226 e. The number of hydrogen-bond donors (Lipinski definition) is 1. The molecule has 0 spiro atoms. The summed E-state index contributed by atoms with van der Waals surface area (Å²) in [5.74, 6) is 0.652. The minimum absolute atomic E-state index is 0.0507. The van der Waals surface area contributed by atoms with E-state index < -0.39 is 0 Å². The van der Waals surface area contributed by atoms with Gasteiger partial charge in [-0.3, -0.25) is 4.79 Å². The van der Waals surface area contributed by atoms with Crippen molar-refractivity contribution < 1.29 is 4.79 Å². The van der Waals surface area contributed by atoms with E-state index in [0.29, 0.717) is 5.92 Å². The van der Waals surface area contributed by atoms with Crippen LogP contribution >= 0.6 is 11.6 Å². The Morgan fingerprint density at radius 3 is 2.80 bits per heavy atom. The van der Waals surface area contributed by atoms with E-state index in [9.17, 15) is 4.79 Å². The molecule has 0 radical (unpaired) electrons. The number of halogens is 1. The van der Waals surface area contributed by atoms with E-state index in [2.05, 4.69) is 19.2 Å². The molecule has 2 unspecified atom stereocenters. The van der Waals surface area contributed by atoms with Crippen LogP contribution in [-0.4, -0.2) is 30.4 Å². The summed E-state index contributed by atoms with van der Waals surface area (Å²) < 4.78 is 0. The fourth-order valence-electron chi connectivity index (χ4n) is 2.53. The highest BCUT2D eigenvalue weighted by Crippen LogP contribution is 2.27. The third-order valence-corrected chi connectivity index (χ3v) is 4.38. The molecule has 0 aromatic heterocycles. The molecule has 4 heteroatoms. The van der Waals surface area contributed by atoms with Crippen molar-refractivity contribution >= 4 is 17.5 Å². The molecule has 1 amide bonds. The summed E-state index contributed by atoms with van der Waals surface area (Å²) in [5.41, 5.74) is 1.11. The van der Waals surface area contributed by atoms with Gasteiger partial charge in [0.15, 0.2) is 0 Å². The molecule has 1 N–H and O–H groups in total. The van der Waals surface area contributed by atoms with Crippen LogP contribution in [0.25, 0.3) is 0 Å². The van der Waals surface area contributed by atoms with Gasteiger partial charge in [0.1, 0.15) is 0 Å². The maximum absolute atomic E-state index is 12.7. The number of nitrogens with zero attached hydrogens (tertiary/aromatic N) is 1. The van der Waals surface area contributed by atoms with E-state index in [1.807, 2.05) is 36.1 Å². The maximum Gasteiger partial charge on any atom is 0.226 e. The highest BCUT2D eigenvalue weighted by atomic mass is 35.5. The number of piperazine rings is 1. The first-order valence-corrected chi connectivity index (χ1v) is 7.65. The second-order valence-electron chi connectivity index (χ2n) is 5.84. The Morgan fingerprint density at radius 1 is 1.40 bits per heavy atom. The number of nitrogens with one attached hydrogen (secondary N) is 1. The van der Waals surface area contributed by atoms with Crippen LogP contribution in [0.2, 0.25) is 5.02 Å². The minimum atomic E-state index is 0.0507. The van der Waals surface area contributed by atoms with Gasteiger partial charge in [-0.1, -0.05) is 44.5 Å². The summed E-state index contributed by atoms with van der Waals surface area (Å²) in [6.45, 7) is 8.61. The topological polar surface area (TPSA) is 32.3 Å². The molecule has 2 atom stereocenters. The fourth-order valence-corrected chi connectivity index (χ4v) is 2.73. The monoisotopic (exact) mass is 294 g/mol. The van der Waals surface area contributed by atoms with Crippen molar-refractivity contribution in [1.29, 1.82) is 0 Å². The van der Waals surface area contributed by atoms with E-state index in [0.717, 1.165) is 30.2 Å². The van der Waals surface area contributed by atoms with E-state index in [1.165, 1.54) is 0 Å². The first-order chi connectivity index (χ1) is 9.50. The van der Waals surface area contributed by atoms with Crippen molar-refractivity contribution in [2.24, 2.45) is 11.8 Å². The zero-order valence-electron chi connectivity index (χ0n) is 12.4. The van der Waals surface area contributed by atoms with Gasteiger partial charge in [0.25, 0.3) is 0 Å². The average Bonchev–Trinajstić information content (AvgIpc) is 2.45. The Morgan fingerprint density at radius 2 is 2.15 bits per heavy atom. The standard InChI is InChI=1S/C16H23ClN2O/c1-11(2)12(3)16(20)19-8-7-18-10-15(19)13-5-4-6-14(17)9-13/h4-6,9,11-12,15,18H,7-8,10H2,1-3H3. The number of hydrogen-bond acceptors (Lipinski definition) is 2. The molecule has 2 rings (SSSR count). The second-order valence-corrected chi connectivity index (χ2v) is 6.28. The molecule has 1 fully saturated rings. The summed E-state index contributed by atoms with van der Waals surface area (Å²) in [4.78, 5) is 14.7. The molecule has 1 heterocycles. The van der Waals surface area contributed by atoms with Gasteiger partial charge in [-0.15, -0.1) is 0 Å². The lowest BCUT2D eigenvalue weighted by Crippen LogP contribution is -2.50. The molecular weight excluding hydrogens is 272 g/mol. The van der Waals surface area contributed by atoms with Gasteiger partial charge < -0.3 is 10.2 Å². The van der Waals surface area contributed by atoms with Crippen molar-refractivity contribution in [3.05, 3.63) is 34.9 Å². The van der Waals surface area contributed by atoms with Crippen molar-refractivity contribution in [2.45, 2.75) is 26.8 Å². The van der Waals surface area contributed by atoms with Crippen LogP contribution in [0.15, 0.2) is 24.3 Å². The molecule has 3 nitrogen and oxygen atoms in total. The molecule has 1 aromatic carbocycles. The molecule has 0 saturated carbocycles. The Kier molecular flexibility index (Phi) is 5.06. The maximum atomic E-state index is 12.7. The van der Waals surface area contributed by atoms with Crippen LogP contribution in [0, 0.1) is 11.8 Å². The SMILES string of the molecule is CC(C)C(C)C(=O)N1CCNCC1c1cccc(Cl)c1. The van der Waals surface area contributed by atoms with E-state index in [-0.39, 0.29) is 17.9 Å². The summed E-state index contributed by atoms with van der Waals surface area (Å²) >= 11 is 6.08. The largest absolute Gasteiger partial charge is 0.333 e. The summed E-state index contributed by atoms with van der Waals surface area (Å²) in [7, 11) is 0. The molecule has 0 aliphatic carbocycles. The zero-order chi connectivity index (χ0) is 14.7. The van der Waals surface area contributed by atoms with Gasteiger partial charge in [-0.25, -0.2) is 0 Å². The number of carbonyl (C=O) groups excluding carboxylic acids is 1. The number of carbonyl (C=O) groups is 1. The van der Waals surface area contributed by atoms with Crippen LogP contribution in [0.3, 0.4) is 0 Å². The minimum Gasteiger partial charge on any atom is -0.333 e. The molecule has 1 aromatic rings. The molecular formula is C16H23ClN2O. The Bertz CT molecular complexity index is 475. The van der Waals surface area contributed by atoms with Gasteiger partial charge >= 0.3 is 0 Å². The fraction of sp³-hybridized carbons (Fsp3) is 0.562. The lowest BCUT2D eigenvalue weighted by atomic mass is 9.94. The van der Waals surface area contributed by atoms with E-state index in [1.54, 1.807) is 0 Å². The van der Waals surface area contributed by atoms with Crippen molar-refractivity contribution in [1.82, 2.24) is 10.2 Å². The molecule has 20 heavy (non-hydrogen) atoms. The van der Waals surface area contributed by atoms with Gasteiger partial charge in [0.2, 0.25) is 5.91 Å². The normalized spacial score (nSPS) is 21.1. The van der Waals surface area contributed by atoms with Crippen molar-refractivity contribution in [3.8, 4) is 0 Å². The third-order valence-electron chi connectivity index (χ3n) is 4.15. The van der Waals surface area contributed by atoms with Gasteiger partial charge in [0.05, 0.1) is 6.04 Å². The van der Waals surface area contributed by atoms with Gasteiger partial charge in [-0.05, 0) is 23.6 Å². The van der Waals surface area contributed by atoms with Crippen LogP contribution in [0.5, 0.6) is 0 Å². The second kappa shape index (κ2) is 6.59. The predicted octanol–water partition coefficient (Wildman–Crippen LogP) is 3.11.